The highest BCUT2D eigenvalue weighted by Gasteiger charge is 2.18. The van der Waals surface area contributed by atoms with E-state index >= 15 is 0 Å². The minimum absolute atomic E-state index is 0.301. The topological polar surface area (TPSA) is 60.0 Å². The van der Waals surface area contributed by atoms with Gasteiger partial charge in [-0.2, -0.15) is 4.98 Å². The Labute approximate surface area is 144 Å². The van der Waals surface area contributed by atoms with Gasteiger partial charge in [0.15, 0.2) is 0 Å². The molecule has 4 aromatic rings. The second kappa shape index (κ2) is 5.21. The molecule has 122 valence electrons. The largest absolute Gasteiger partial charge is 0.368 e. The normalized spacial score (nSPS) is 11.5. The van der Waals surface area contributed by atoms with E-state index in [0.29, 0.717) is 5.95 Å². The van der Waals surface area contributed by atoms with Gasteiger partial charge in [-0.25, -0.2) is 4.98 Å². The molecule has 0 amide bonds. The minimum Gasteiger partial charge on any atom is -0.368 e. The Kier molecular flexibility index (Phi) is 3.25. The second-order valence-corrected chi connectivity index (χ2v) is 7.21. The van der Waals surface area contributed by atoms with Crippen molar-refractivity contribution in [1.82, 2.24) is 14.5 Å². The van der Waals surface area contributed by atoms with Gasteiger partial charge in [-0.3, -0.25) is 0 Å². The summed E-state index contributed by atoms with van der Waals surface area (Å²) in [6.07, 6.45) is 2.09. The van der Waals surface area contributed by atoms with Crippen molar-refractivity contribution in [3.8, 4) is 10.4 Å². The summed E-state index contributed by atoms with van der Waals surface area (Å²) < 4.78 is 2.16. The van der Waals surface area contributed by atoms with Crippen molar-refractivity contribution in [2.24, 2.45) is 7.05 Å². The molecule has 0 bridgehead atoms. The van der Waals surface area contributed by atoms with E-state index in [1.165, 1.54) is 21.5 Å². The first-order chi connectivity index (χ1) is 11.5. The third kappa shape index (κ3) is 2.14. The number of hydrogen-bond donors (Lipinski definition) is 1. The van der Waals surface area contributed by atoms with Crippen molar-refractivity contribution < 1.29 is 0 Å². The van der Waals surface area contributed by atoms with Crippen LogP contribution in [0.15, 0.2) is 29.8 Å². The fraction of sp³-hybridized carbons (Fsp3) is 0.222. The van der Waals surface area contributed by atoms with Crippen molar-refractivity contribution in [2.75, 3.05) is 24.7 Å². The molecule has 24 heavy (non-hydrogen) atoms. The molecule has 0 atom stereocenters. The van der Waals surface area contributed by atoms with Gasteiger partial charge in [-0.05, 0) is 36.1 Å². The zero-order chi connectivity index (χ0) is 17.0. The molecule has 6 heteroatoms. The minimum atomic E-state index is 0.301. The van der Waals surface area contributed by atoms with Crippen LogP contribution < -0.4 is 10.6 Å². The van der Waals surface area contributed by atoms with Gasteiger partial charge in [0, 0.05) is 43.2 Å². The molecule has 0 aliphatic rings. The first-order valence-corrected chi connectivity index (χ1v) is 8.62. The molecule has 1 aromatic carbocycles. The van der Waals surface area contributed by atoms with E-state index < -0.39 is 0 Å². The van der Waals surface area contributed by atoms with Crippen LogP contribution in [0.4, 0.5) is 11.8 Å². The average Bonchev–Trinajstić information content (AvgIpc) is 3.12. The molecule has 3 heterocycles. The fourth-order valence-electron chi connectivity index (χ4n) is 3.20. The van der Waals surface area contributed by atoms with Crippen molar-refractivity contribution in [3.05, 3.63) is 35.3 Å². The van der Waals surface area contributed by atoms with Gasteiger partial charge in [0.05, 0.1) is 16.4 Å². The number of nitrogens with zero attached hydrogens (tertiary/aromatic N) is 4. The average molecular weight is 337 g/mol. The number of fused-ring (bicyclic) bond motifs is 3. The Bertz CT molecular complexity index is 1070. The summed E-state index contributed by atoms with van der Waals surface area (Å²) >= 11 is 1.75. The standard InChI is InChI=1S/C18H19N5S/c1-10-7-14(24-9-10)12-8-13-15(11-5-6-23(4)16(11)12)17(22(2)3)21-18(19)20-13/h5-9H,1-4H3,(H2,19,20,21). The van der Waals surface area contributed by atoms with Crippen LogP contribution in [-0.4, -0.2) is 28.6 Å². The maximum atomic E-state index is 5.95. The number of thiophene rings is 1. The van der Waals surface area contributed by atoms with Crippen molar-refractivity contribution in [1.29, 1.82) is 0 Å². The summed E-state index contributed by atoms with van der Waals surface area (Å²) in [5, 5.41) is 4.37. The zero-order valence-corrected chi connectivity index (χ0v) is 15.0. The quantitative estimate of drug-likeness (QED) is 0.604. The molecule has 0 saturated carbocycles. The van der Waals surface area contributed by atoms with Crippen LogP contribution in [0.1, 0.15) is 5.56 Å². The Balaban J connectivity index is 2.20. The van der Waals surface area contributed by atoms with E-state index in [9.17, 15) is 0 Å². The molecule has 0 unspecified atom stereocenters. The SMILES string of the molecule is Cc1csc(-c2cc3nc(N)nc(N(C)C)c3c3ccn(C)c23)c1. The Morgan fingerprint density at radius 3 is 2.67 bits per heavy atom. The van der Waals surface area contributed by atoms with Crippen LogP contribution >= 0.6 is 11.3 Å². The molecule has 0 saturated heterocycles. The maximum absolute atomic E-state index is 5.95. The predicted octanol–water partition coefficient (Wildman–Crippen LogP) is 3.81. The summed E-state index contributed by atoms with van der Waals surface area (Å²) in [7, 11) is 6.03. The molecular formula is C18H19N5S. The van der Waals surface area contributed by atoms with Crippen LogP contribution in [0, 0.1) is 6.92 Å². The van der Waals surface area contributed by atoms with Crippen molar-refractivity contribution >= 4 is 44.9 Å². The summed E-state index contributed by atoms with van der Waals surface area (Å²) in [5.74, 6) is 1.15. The van der Waals surface area contributed by atoms with Crippen LogP contribution in [-0.2, 0) is 7.05 Å². The zero-order valence-electron chi connectivity index (χ0n) is 14.2. The molecule has 5 nitrogen and oxygen atoms in total. The number of aryl methyl sites for hydroxylation is 2. The molecular weight excluding hydrogens is 318 g/mol. The summed E-state index contributed by atoms with van der Waals surface area (Å²) in [6.45, 7) is 2.12. The Morgan fingerprint density at radius 2 is 2.00 bits per heavy atom. The smallest absolute Gasteiger partial charge is 0.222 e. The van der Waals surface area contributed by atoms with Gasteiger partial charge in [0.2, 0.25) is 5.95 Å². The number of hydrogen-bond acceptors (Lipinski definition) is 5. The lowest BCUT2D eigenvalue weighted by atomic mass is 10.0. The lowest BCUT2D eigenvalue weighted by Crippen LogP contribution is -2.13. The number of rotatable bonds is 2. The van der Waals surface area contributed by atoms with E-state index in [2.05, 4.69) is 58.3 Å². The number of nitrogens with two attached hydrogens (primary N) is 1. The third-order valence-corrected chi connectivity index (χ3v) is 5.31. The number of anilines is 2. The van der Waals surface area contributed by atoms with Crippen molar-refractivity contribution in [2.45, 2.75) is 6.92 Å². The van der Waals surface area contributed by atoms with E-state index in [-0.39, 0.29) is 0 Å². The second-order valence-electron chi connectivity index (χ2n) is 6.30. The van der Waals surface area contributed by atoms with E-state index in [4.69, 9.17) is 5.73 Å². The highest BCUT2D eigenvalue weighted by atomic mass is 32.1. The fourth-order valence-corrected chi connectivity index (χ4v) is 4.12. The Hall–Kier alpha value is -2.60. The van der Waals surface area contributed by atoms with Crippen LogP contribution in [0.5, 0.6) is 0 Å². The molecule has 0 aliphatic heterocycles. The van der Waals surface area contributed by atoms with Crippen LogP contribution in [0.2, 0.25) is 0 Å². The van der Waals surface area contributed by atoms with Gasteiger partial charge in [0.1, 0.15) is 5.82 Å². The molecule has 0 spiro atoms. The molecule has 3 aromatic heterocycles. The first-order valence-electron chi connectivity index (χ1n) is 7.74. The lowest BCUT2D eigenvalue weighted by Gasteiger charge is -2.16. The first kappa shape index (κ1) is 15.0. The van der Waals surface area contributed by atoms with E-state index in [0.717, 1.165) is 22.1 Å². The maximum Gasteiger partial charge on any atom is 0.222 e. The van der Waals surface area contributed by atoms with Gasteiger partial charge in [-0.15, -0.1) is 11.3 Å². The van der Waals surface area contributed by atoms with Gasteiger partial charge in [-0.1, -0.05) is 0 Å². The predicted molar refractivity (Wildman–Crippen MR) is 103 cm³/mol. The molecule has 2 N–H and O–H groups in total. The van der Waals surface area contributed by atoms with Gasteiger partial charge >= 0.3 is 0 Å². The van der Waals surface area contributed by atoms with Crippen LogP contribution in [0.3, 0.4) is 0 Å². The van der Waals surface area contributed by atoms with E-state index in [1.54, 1.807) is 11.3 Å². The number of nitrogen functional groups attached to an aromatic ring is 1. The number of aromatic nitrogens is 3. The summed E-state index contributed by atoms with van der Waals surface area (Å²) in [5.41, 5.74) is 10.5. The molecule has 0 aliphatic carbocycles. The highest BCUT2D eigenvalue weighted by molar-refractivity contribution is 7.13. The number of benzene rings is 1. The van der Waals surface area contributed by atoms with Crippen molar-refractivity contribution in [3.63, 3.8) is 0 Å². The van der Waals surface area contributed by atoms with E-state index in [1.807, 2.05) is 19.0 Å². The van der Waals surface area contributed by atoms with Gasteiger partial charge in [0.25, 0.3) is 0 Å². The molecule has 0 fully saturated rings. The lowest BCUT2D eigenvalue weighted by molar-refractivity contribution is 0.970. The monoisotopic (exact) mass is 337 g/mol. The third-order valence-electron chi connectivity index (χ3n) is 4.23. The highest BCUT2D eigenvalue weighted by Crippen LogP contribution is 2.39. The summed E-state index contributed by atoms with van der Waals surface area (Å²) in [4.78, 5) is 12.2. The van der Waals surface area contributed by atoms with Crippen LogP contribution in [0.25, 0.3) is 32.2 Å². The summed E-state index contributed by atoms with van der Waals surface area (Å²) in [6, 6.07) is 6.48. The molecule has 4 rings (SSSR count). The van der Waals surface area contributed by atoms with Gasteiger partial charge < -0.3 is 15.2 Å². The Morgan fingerprint density at radius 1 is 1.21 bits per heavy atom. The molecule has 0 radical (unpaired) electrons.